The van der Waals surface area contributed by atoms with Crippen molar-refractivity contribution in [2.75, 3.05) is 6.54 Å². The van der Waals surface area contributed by atoms with Gasteiger partial charge in [0.1, 0.15) is 0 Å². The van der Waals surface area contributed by atoms with Crippen LogP contribution in [0, 0.1) is 5.92 Å². The van der Waals surface area contributed by atoms with Gasteiger partial charge in [-0.3, -0.25) is 0 Å². The zero-order chi connectivity index (χ0) is 10.2. The number of allylic oxidation sites excluding steroid dienone is 1. The molecule has 0 saturated heterocycles. The molecule has 0 bridgehead atoms. The molecule has 1 atom stereocenters. The minimum atomic E-state index is 0.634. The molecule has 76 valence electrons. The van der Waals surface area contributed by atoms with Crippen molar-refractivity contribution in [1.29, 1.82) is 0 Å². The third kappa shape index (κ3) is 3.75. The first-order valence-electron chi connectivity index (χ1n) is 5.28. The molecule has 1 aromatic rings. The summed E-state index contributed by atoms with van der Waals surface area (Å²) in [6.07, 6.45) is 6.63. The third-order valence-corrected chi connectivity index (χ3v) is 2.49. The van der Waals surface area contributed by atoms with E-state index in [4.69, 9.17) is 5.73 Å². The molecule has 0 fully saturated rings. The molecule has 0 aliphatic heterocycles. The van der Waals surface area contributed by atoms with Gasteiger partial charge < -0.3 is 5.73 Å². The van der Waals surface area contributed by atoms with E-state index >= 15 is 0 Å². The molecule has 2 N–H and O–H groups in total. The Bertz CT molecular complexity index is 260. The summed E-state index contributed by atoms with van der Waals surface area (Å²) in [6.45, 7) is 2.98. The van der Waals surface area contributed by atoms with E-state index in [0.717, 1.165) is 19.4 Å². The molecule has 14 heavy (non-hydrogen) atoms. The molecule has 1 unspecified atom stereocenters. The third-order valence-electron chi connectivity index (χ3n) is 2.49. The van der Waals surface area contributed by atoms with Crippen LogP contribution in [0.15, 0.2) is 36.4 Å². The van der Waals surface area contributed by atoms with Gasteiger partial charge in [0, 0.05) is 0 Å². The van der Waals surface area contributed by atoms with Gasteiger partial charge in [0.25, 0.3) is 0 Å². The van der Waals surface area contributed by atoms with Crippen LogP contribution in [0.5, 0.6) is 0 Å². The van der Waals surface area contributed by atoms with E-state index in [1.54, 1.807) is 0 Å². The van der Waals surface area contributed by atoms with Crippen molar-refractivity contribution in [2.24, 2.45) is 11.7 Å². The molecule has 0 aromatic heterocycles. The van der Waals surface area contributed by atoms with Crippen molar-refractivity contribution < 1.29 is 0 Å². The van der Waals surface area contributed by atoms with Crippen molar-refractivity contribution in [2.45, 2.75) is 19.8 Å². The van der Waals surface area contributed by atoms with Gasteiger partial charge in [-0.2, -0.15) is 0 Å². The Hall–Kier alpha value is -1.08. The number of hydrogen-bond donors (Lipinski definition) is 1. The second-order valence-corrected chi connectivity index (χ2v) is 3.56. The number of hydrogen-bond acceptors (Lipinski definition) is 1. The molecule has 0 heterocycles. The van der Waals surface area contributed by atoms with Crippen LogP contribution in [-0.4, -0.2) is 6.54 Å². The zero-order valence-electron chi connectivity index (χ0n) is 8.82. The molecule has 0 spiro atoms. The number of benzene rings is 1. The molecule has 0 amide bonds. The smallest absolute Gasteiger partial charge is 0.00460 e. The van der Waals surface area contributed by atoms with Crippen LogP contribution in [0.3, 0.4) is 0 Å². The highest BCUT2D eigenvalue weighted by Crippen LogP contribution is 2.09. The predicted octanol–water partition coefficient (Wildman–Crippen LogP) is 3.07. The number of rotatable bonds is 5. The molecule has 0 saturated carbocycles. The van der Waals surface area contributed by atoms with Crippen LogP contribution in [0.4, 0.5) is 0 Å². The molecule has 1 rings (SSSR count). The quantitative estimate of drug-likeness (QED) is 0.757. The first-order valence-corrected chi connectivity index (χ1v) is 5.28. The fourth-order valence-corrected chi connectivity index (χ4v) is 1.39. The molecule has 1 aromatic carbocycles. The summed E-state index contributed by atoms with van der Waals surface area (Å²) < 4.78 is 0. The normalized spacial score (nSPS) is 13.3. The van der Waals surface area contributed by atoms with E-state index in [-0.39, 0.29) is 0 Å². The van der Waals surface area contributed by atoms with Gasteiger partial charge in [0.15, 0.2) is 0 Å². The van der Waals surface area contributed by atoms with Gasteiger partial charge in [0.05, 0.1) is 0 Å². The average molecular weight is 189 g/mol. The number of nitrogens with two attached hydrogens (primary N) is 1. The molecule has 0 aliphatic carbocycles. The fraction of sp³-hybridized carbons (Fsp3) is 0.385. The summed E-state index contributed by atoms with van der Waals surface area (Å²) in [4.78, 5) is 0. The minimum Gasteiger partial charge on any atom is -0.330 e. The molecular weight excluding hydrogens is 170 g/mol. The van der Waals surface area contributed by atoms with E-state index in [2.05, 4.69) is 43.3 Å². The molecule has 1 heteroatoms. The SMILES string of the molecule is CCC(CN)C/C=C/c1ccccc1. The summed E-state index contributed by atoms with van der Waals surface area (Å²) in [5.74, 6) is 0.634. The molecule has 0 aliphatic rings. The summed E-state index contributed by atoms with van der Waals surface area (Å²) in [5.41, 5.74) is 6.89. The predicted molar refractivity (Wildman–Crippen MR) is 62.9 cm³/mol. The van der Waals surface area contributed by atoms with Gasteiger partial charge in [-0.1, -0.05) is 55.8 Å². The lowest BCUT2D eigenvalue weighted by Gasteiger charge is -2.07. The van der Waals surface area contributed by atoms with Crippen LogP contribution < -0.4 is 5.73 Å². The van der Waals surface area contributed by atoms with Crippen molar-refractivity contribution in [1.82, 2.24) is 0 Å². The average Bonchev–Trinajstić information content (AvgIpc) is 2.26. The summed E-state index contributed by atoms with van der Waals surface area (Å²) >= 11 is 0. The maximum absolute atomic E-state index is 5.63. The maximum Gasteiger partial charge on any atom is -0.00460 e. The Labute approximate surface area is 86.6 Å². The van der Waals surface area contributed by atoms with E-state index < -0.39 is 0 Å². The Morgan fingerprint density at radius 1 is 1.29 bits per heavy atom. The Kier molecular flexibility index (Phi) is 5.02. The van der Waals surface area contributed by atoms with Crippen molar-refractivity contribution in [3.63, 3.8) is 0 Å². The summed E-state index contributed by atoms with van der Waals surface area (Å²) in [7, 11) is 0. The highest BCUT2D eigenvalue weighted by Gasteiger charge is 1.99. The topological polar surface area (TPSA) is 26.0 Å². The standard InChI is InChI=1S/C13H19N/c1-2-12(11-14)9-6-10-13-7-4-3-5-8-13/h3-8,10,12H,2,9,11,14H2,1H3/b10-6+. The van der Waals surface area contributed by atoms with E-state index in [1.165, 1.54) is 5.56 Å². The Balaban J connectivity index is 2.41. The minimum absolute atomic E-state index is 0.634. The van der Waals surface area contributed by atoms with Crippen LogP contribution in [0.25, 0.3) is 6.08 Å². The highest BCUT2D eigenvalue weighted by atomic mass is 14.5. The van der Waals surface area contributed by atoms with E-state index in [0.29, 0.717) is 5.92 Å². The van der Waals surface area contributed by atoms with Gasteiger partial charge in [-0.25, -0.2) is 0 Å². The Morgan fingerprint density at radius 3 is 2.57 bits per heavy atom. The molecular formula is C13H19N. The molecule has 1 nitrogen and oxygen atoms in total. The van der Waals surface area contributed by atoms with Crippen LogP contribution in [0.2, 0.25) is 0 Å². The van der Waals surface area contributed by atoms with Gasteiger partial charge in [0.2, 0.25) is 0 Å². The van der Waals surface area contributed by atoms with Crippen molar-refractivity contribution in [3.05, 3.63) is 42.0 Å². The first-order chi connectivity index (χ1) is 6.86. The Morgan fingerprint density at radius 2 is 2.00 bits per heavy atom. The first kappa shape index (κ1) is 11.0. The largest absolute Gasteiger partial charge is 0.330 e. The summed E-state index contributed by atoms with van der Waals surface area (Å²) in [6, 6.07) is 10.4. The van der Waals surface area contributed by atoms with Crippen LogP contribution in [-0.2, 0) is 0 Å². The van der Waals surface area contributed by atoms with Gasteiger partial charge >= 0.3 is 0 Å². The maximum atomic E-state index is 5.63. The van der Waals surface area contributed by atoms with Crippen LogP contribution in [0.1, 0.15) is 25.3 Å². The lowest BCUT2D eigenvalue weighted by Crippen LogP contribution is -2.12. The zero-order valence-corrected chi connectivity index (χ0v) is 8.82. The lowest BCUT2D eigenvalue weighted by molar-refractivity contribution is 0.529. The van der Waals surface area contributed by atoms with Crippen molar-refractivity contribution in [3.8, 4) is 0 Å². The fourth-order valence-electron chi connectivity index (χ4n) is 1.39. The lowest BCUT2D eigenvalue weighted by atomic mass is 10.0. The van der Waals surface area contributed by atoms with Crippen LogP contribution >= 0.6 is 0 Å². The van der Waals surface area contributed by atoms with Crippen molar-refractivity contribution >= 4 is 6.08 Å². The van der Waals surface area contributed by atoms with Gasteiger partial charge in [-0.15, -0.1) is 0 Å². The highest BCUT2D eigenvalue weighted by molar-refractivity contribution is 5.48. The monoisotopic (exact) mass is 189 g/mol. The second kappa shape index (κ2) is 6.39. The molecule has 0 radical (unpaired) electrons. The van der Waals surface area contributed by atoms with E-state index in [9.17, 15) is 0 Å². The summed E-state index contributed by atoms with van der Waals surface area (Å²) in [5, 5.41) is 0. The second-order valence-electron chi connectivity index (χ2n) is 3.56. The van der Waals surface area contributed by atoms with Gasteiger partial charge in [-0.05, 0) is 24.4 Å². The van der Waals surface area contributed by atoms with E-state index in [1.807, 2.05) is 6.07 Å².